The summed E-state index contributed by atoms with van der Waals surface area (Å²) < 4.78 is 11.4. The molecule has 10 heteroatoms. The van der Waals surface area contributed by atoms with Crippen LogP contribution in [0, 0.1) is 5.92 Å². The Kier molecular flexibility index (Phi) is 6.11. The van der Waals surface area contributed by atoms with E-state index < -0.39 is 47.8 Å². The van der Waals surface area contributed by atoms with E-state index in [0.717, 1.165) is 16.8 Å². The number of aliphatic hydroxyl groups excluding tert-OH is 2. The quantitative estimate of drug-likeness (QED) is 0.429. The fourth-order valence-corrected chi connectivity index (χ4v) is 2.60. The first-order valence-electron chi connectivity index (χ1n) is 7.96. The van der Waals surface area contributed by atoms with Crippen LogP contribution in [-0.2, 0) is 14.3 Å². The summed E-state index contributed by atoms with van der Waals surface area (Å²) in [5, 5.41) is 20.1. The molecule has 1 aliphatic heterocycles. The van der Waals surface area contributed by atoms with Gasteiger partial charge in [0.1, 0.15) is 31.0 Å². The zero-order chi connectivity index (χ0) is 18.7. The highest BCUT2D eigenvalue weighted by atomic mass is 16.6. The van der Waals surface area contributed by atoms with Gasteiger partial charge in [0.05, 0.1) is 0 Å². The van der Waals surface area contributed by atoms with Crippen molar-refractivity contribution in [3.8, 4) is 0 Å². The number of hydrogen-bond donors (Lipinski definition) is 4. The summed E-state index contributed by atoms with van der Waals surface area (Å²) >= 11 is 0. The normalized spacial score (nSPS) is 27.4. The molecule has 0 spiro atoms. The van der Waals surface area contributed by atoms with Crippen molar-refractivity contribution in [1.82, 2.24) is 9.55 Å². The van der Waals surface area contributed by atoms with Crippen LogP contribution in [0.1, 0.15) is 26.5 Å². The van der Waals surface area contributed by atoms with Crippen molar-refractivity contribution in [3.05, 3.63) is 33.1 Å². The van der Waals surface area contributed by atoms with Crippen molar-refractivity contribution < 1.29 is 24.5 Å². The molecule has 0 saturated carbocycles. The Morgan fingerprint density at radius 3 is 2.68 bits per heavy atom. The van der Waals surface area contributed by atoms with Gasteiger partial charge in [-0.3, -0.25) is 19.1 Å². The number of hydrogen-bond acceptors (Lipinski definition) is 8. The van der Waals surface area contributed by atoms with Crippen molar-refractivity contribution in [2.75, 3.05) is 6.61 Å². The van der Waals surface area contributed by atoms with E-state index in [1.807, 2.05) is 18.8 Å². The minimum atomic E-state index is -1.43. The maximum atomic E-state index is 11.8. The van der Waals surface area contributed by atoms with Crippen molar-refractivity contribution in [2.24, 2.45) is 11.7 Å². The first-order valence-corrected chi connectivity index (χ1v) is 7.96. The number of ether oxygens (including phenoxy) is 2. The number of aromatic amines is 1. The topological polar surface area (TPSA) is 157 Å². The molecule has 5 N–H and O–H groups in total. The highest BCUT2D eigenvalue weighted by Crippen LogP contribution is 2.28. The van der Waals surface area contributed by atoms with Crippen molar-refractivity contribution >= 4 is 5.97 Å². The lowest BCUT2D eigenvalue weighted by Crippen LogP contribution is -2.39. The van der Waals surface area contributed by atoms with E-state index in [-0.39, 0.29) is 12.5 Å². The zero-order valence-corrected chi connectivity index (χ0v) is 14.0. The van der Waals surface area contributed by atoms with E-state index in [1.165, 1.54) is 0 Å². The molecule has 10 nitrogen and oxygen atoms in total. The molecule has 1 aliphatic rings. The first kappa shape index (κ1) is 19.3. The molecule has 2 heterocycles. The monoisotopic (exact) mass is 357 g/mol. The molecule has 1 aromatic rings. The predicted molar refractivity (Wildman–Crippen MR) is 85.6 cm³/mol. The van der Waals surface area contributed by atoms with Crippen LogP contribution in [0.5, 0.6) is 0 Å². The van der Waals surface area contributed by atoms with E-state index in [1.54, 1.807) is 0 Å². The molecule has 1 saturated heterocycles. The van der Waals surface area contributed by atoms with Crippen LogP contribution < -0.4 is 17.0 Å². The van der Waals surface area contributed by atoms with Gasteiger partial charge in [0, 0.05) is 12.3 Å². The molecular formula is C15H23N3O7. The number of rotatable bonds is 6. The van der Waals surface area contributed by atoms with Crippen LogP contribution in [0.25, 0.3) is 0 Å². The minimum Gasteiger partial charge on any atom is -0.462 e. The Labute approximate surface area is 143 Å². The third-order valence-corrected chi connectivity index (χ3v) is 3.88. The number of esters is 1. The van der Waals surface area contributed by atoms with Crippen LogP contribution in [0.15, 0.2) is 21.9 Å². The first-order chi connectivity index (χ1) is 11.7. The van der Waals surface area contributed by atoms with Gasteiger partial charge in [0.2, 0.25) is 0 Å². The largest absolute Gasteiger partial charge is 0.462 e. The maximum Gasteiger partial charge on any atom is 0.330 e. The van der Waals surface area contributed by atoms with Crippen LogP contribution in [0.2, 0.25) is 0 Å². The summed E-state index contributed by atoms with van der Waals surface area (Å²) in [7, 11) is 0. The molecule has 2 rings (SSSR count). The van der Waals surface area contributed by atoms with Crippen molar-refractivity contribution in [3.63, 3.8) is 0 Å². The number of carbonyl (C=O) groups is 1. The third kappa shape index (κ3) is 4.54. The average Bonchev–Trinajstić information content (AvgIpc) is 2.80. The Bertz CT molecular complexity index is 714. The molecule has 140 valence electrons. The number of aliphatic hydroxyl groups is 2. The summed E-state index contributed by atoms with van der Waals surface area (Å²) in [6, 6.07) is 0.295. The maximum absolute atomic E-state index is 11.8. The van der Waals surface area contributed by atoms with Gasteiger partial charge in [-0.25, -0.2) is 4.79 Å². The van der Waals surface area contributed by atoms with Gasteiger partial charge in [-0.05, 0) is 12.3 Å². The minimum absolute atomic E-state index is 0.217. The molecule has 0 unspecified atom stereocenters. The molecule has 1 aromatic heterocycles. The van der Waals surface area contributed by atoms with Gasteiger partial charge in [-0.15, -0.1) is 0 Å². The summed E-state index contributed by atoms with van der Waals surface area (Å²) in [6.07, 6.45) is -3.46. The van der Waals surface area contributed by atoms with E-state index in [0.29, 0.717) is 6.42 Å². The molecule has 0 aromatic carbocycles. The van der Waals surface area contributed by atoms with Crippen molar-refractivity contribution in [1.29, 1.82) is 0 Å². The molecule has 5 atom stereocenters. The lowest BCUT2D eigenvalue weighted by molar-refractivity contribution is -0.152. The van der Waals surface area contributed by atoms with E-state index in [2.05, 4.69) is 0 Å². The Balaban J connectivity index is 2.01. The molecule has 0 aliphatic carbocycles. The number of H-pyrrole nitrogens is 1. The summed E-state index contributed by atoms with van der Waals surface area (Å²) in [6.45, 7) is 3.51. The molecule has 0 radical (unpaired) electrons. The molecular weight excluding hydrogens is 334 g/mol. The third-order valence-electron chi connectivity index (χ3n) is 3.88. The summed E-state index contributed by atoms with van der Waals surface area (Å²) in [5.74, 6) is -0.419. The number of carbonyl (C=O) groups excluding carboxylic acids is 1. The fourth-order valence-electron chi connectivity index (χ4n) is 2.60. The van der Waals surface area contributed by atoms with Gasteiger partial charge in [0.15, 0.2) is 6.23 Å². The molecule has 0 bridgehead atoms. The average molecular weight is 357 g/mol. The molecule has 25 heavy (non-hydrogen) atoms. The second-order valence-electron chi connectivity index (χ2n) is 6.43. The summed E-state index contributed by atoms with van der Waals surface area (Å²) in [4.78, 5) is 36.7. The number of nitrogens with zero attached hydrogens (tertiary/aromatic N) is 1. The highest BCUT2D eigenvalue weighted by molar-refractivity contribution is 5.75. The number of nitrogens with one attached hydrogen (secondary N) is 1. The van der Waals surface area contributed by atoms with Crippen LogP contribution in [0.4, 0.5) is 0 Å². The smallest absolute Gasteiger partial charge is 0.330 e. The Morgan fingerprint density at radius 1 is 1.40 bits per heavy atom. The number of aromatic nitrogens is 2. The standard InChI is InChI=1S/C15H23N3O7/c1-7(2)5-8(16)14(22)24-6-9-11(20)12(21)13(25-9)18-4-3-10(19)17-15(18)23/h3-4,7-9,11-13,20-21H,5-6,16H2,1-2H3,(H,17,19,23)/t8-,9+,11+,12+,13+/m0/s1. The van der Waals surface area contributed by atoms with Crippen LogP contribution in [0.3, 0.4) is 0 Å². The second-order valence-corrected chi connectivity index (χ2v) is 6.43. The van der Waals surface area contributed by atoms with Gasteiger partial charge in [-0.1, -0.05) is 13.8 Å². The predicted octanol–water partition coefficient (Wildman–Crippen LogP) is -1.93. The molecule has 0 amide bonds. The fraction of sp³-hybridized carbons (Fsp3) is 0.667. The zero-order valence-electron chi connectivity index (χ0n) is 14.0. The SMILES string of the molecule is CC(C)C[C@H](N)C(=O)OC[C@H]1O[C@@H](n2ccc(=O)[nH]c2=O)[C@H](O)[C@@H]1O. The van der Waals surface area contributed by atoms with Crippen molar-refractivity contribution in [2.45, 2.75) is 50.8 Å². The van der Waals surface area contributed by atoms with E-state index in [4.69, 9.17) is 15.2 Å². The summed E-state index contributed by atoms with van der Waals surface area (Å²) in [5.41, 5.74) is 4.32. The lowest BCUT2D eigenvalue weighted by atomic mass is 10.1. The lowest BCUT2D eigenvalue weighted by Gasteiger charge is -2.18. The Morgan fingerprint density at radius 2 is 2.08 bits per heavy atom. The van der Waals surface area contributed by atoms with Gasteiger partial charge in [0.25, 0.3) is 5.56 Å². The number of nitrogens with two attached hydrogens (primary N) is 1. The van der Waals surface area contributed by atoms with Crippen LogP contribution in [-0.4, -0.2) is 56.7 Å². The van der Waals surface area contributed by atoms with Gasteiger partial charge < -0.3 is 25.4 Å². The van der Waals surface area contributed by atoms with E-state index >= 15 is 0 Å². The second kappa shape index (κ2) is 7.91. The van der Waals surface area contributed by atoms with E-state index in [9.17, 15) is 24.6 Å². The highest BCUT2D eigenvalue weighted by Gasteiger charge is 2.44. The van der Waals surface area contributed by atoms with Gasteiger partial charge in [-0.2, -0.15) is 0 Å². The van der Waals surface area contributed by atoms with Gasteiger partial charge >= 0.3 is 11.7 Å². The van der Waals surface area contributed by atoms with Crippen LogP contribution >= 0.6 is 0 Å². The Hall–Kier alpha value is -2.01. The molecule has 1 fully saturated rings.